The summed E-state index contributed by atoms with van der Waals surface area (Å²) in [6, 6.07) is 10.4. The van der Waals surface area contributed by atoms with Gasteiger partial charge in [-0.3, -0.25) is 15.4 Å². The highest BCUT2D eigenvalue weighted by atomic mass is 32.2. The van der Waals surface area contributed by atoms with Crippen molar-refractivity contribution in [1.29, 1.82) is 0 Å². The molecule has 1 aliphatic rings. The van der Waals surface area contributed by atoms with E-state index < -0.39 is 22.9 Å². The highest BCUT2D eigenvalue weighted by molar-refractivity contribution is 8.09. The number of nitrogens with zero attached hydrogens (tertiary/aromatic N) is 1. The molecule has 1 heterocycles. The molecule has 1 atom stereocenters. The van der Waals surface area contributed by atoms with Crippen molar-refractivity contribution in [2.75, 3.05) is 0 Å². The molecule has 12 heteroatoms. The molecule has 1 amide bonds. The number of ether oxygens (including phenoxy) is 2. The molecule has 0 bridgehead atoms. The second-order valence-corrected chi connectivity index (χ2v) is 6.68. The van der Waals surface area contributed by atoms with Crippen LogP contribution in [-0.4, -0.2) is 22.9 Å². The number of benzene rings is 2. The summed E-state index contributed by atoms with van der Waals surface area (Å²) in [6.45, 7) is 0. The highest BCUT2D eigenvalue weighted by Gasteiger charge is 2.31. The van der Waals surface area contributed by atoms with Gasteiger partial charge < -0.3 is 14.8 Å². The lowest BCUT2D eigenvalue weighted by Gasteiger charge is -2.13. The van der Waals surface area contributed by atoms with Crippen molar-refractivity contribution >= 4 is 28.4 Å². The van der Waals surface area contributed by atoms with E-state index in [0.29, 0.717) is 10.5 Å². The molecule has 8 nitrogen and oxygen atoms in total. The third-order valence-electron chi connectivity index (χ3n) is 3.47. The standard InChI is InChI=1S/C17H12F3N3O5S/c18-17(19,20)28-13-3-1-2-10(8-13)14-9-21-15(29-14)22-16(24)27-12-6-4-11(5-7-12)23(25)26/h1-9,15,21H,(H,22,24). The van der Waals surface area contributed by atoms with Gasteiger partial charge in [0.05, 0.1) is 4.92 Å². The van der Waals surface area contributed by atoms with E-state index in [-0.39, 0.29) is 17.2 Å². The van der Waals surface area contributed by atoms with Crippen molar-refractivity contribution in [2.45, 2.75) is 11.9 Å². The highest BCUT2D eigenvalue weighted by Crippen LogP contribution is 2.35. The van der Waals surface area contributed by atoms with Crippen LogP contribution in [0.25, 0.3) is 4.91 Å². The van der Waals surface area contributed by atoms with E-state index in [2.05, 4.69) is 15.4 Å². The Morgan fingerprint density at radius 1 is 1.17 bits per heavy atom. The van der Waals surface area contributed by atoms with E-state index in [0.717, 1.165) is 11.8 Å². The summed E-state index contributed by atoms with van der Waals surface area (Å²) in [5, 5.41) is 16.0. The van der Waals surface area contributed by atoms with Crippen LogP contribution < -0.4 is 20.1 Å². The second-order valence-electron chi connectivity index (χ2n) is 5.53. The van der Waals surface area contributed by atoms with Crippen LogP contribution in [0.5, 0.6) is 11.5 Å². The van der Waals surface area contributed by atoms with Crippen LogP contribution in [-0.2, 0) is 0 Å². The summed E-state index contributed by atoms with van der Waals surface area (Å²) < 4.78 is 46.0. The predicted octanol–water partition coefficient (Wildman–Crippen LogP) is 4.20. The molecule has 0 aliphatic carbocycles. The van der Waals surface area contributed by atoms with Crippen LogP contribution >= 0.6 is 11.8 Å². The molecule has 0 spiro atoms. The molecular weight excluding hydrogens is 415 g/mol. The van der Waals surface area contributed by atoms with Crippen LogP contribution in [0.2, 0.25) is 0 Å². The van der Waals surface area contributed by atoms with Gasteiger partial charge in [-0.2, -0.15) is 0 Å². The molecule has 1 unspecified atom stereocenters. The van der Waals surface area contributed by atoms with Crippen molar-refractivity contribution in [3.05, 3.63) is 70.4 Å². The number of thioether (sulfide) groups is 1. The van der Waals surface area contributed by atoms with Crippen LogP contribution in [0, 0.1) is 10.1 Å². The zero-order chi connectivity index (χ0) is 21.0. The molecule has 2 aromatic carbocycles. The number of hydrogen-bond acceptors (Lipinski definition) is 7. The number of carbonyl (C=O) groups excluding carboxylic acids is 1. The smallest absolute Gasteiger partial charge is 0.410 e. The number of non-ortho nitro benzene ring substituents is 1. The van der Waals surface area contributed by atoms with Gasteiger partial charge in [-0.1, -0.05) is 23.9 Å². The topological polar surface area (TPSA) is 103 Å². The zero-order valence-electron chi connectivity index (χ0n) is 14.3. The number of rotatable bonds is 5. The maximum Gasteiger partial charge on any atom is 0.573 e. The van der Waals surface area contributed by atoms with Gasteiger partial charge in [0.2, 0.25) is 0 Å². The number of hydrogen-bond donors (Lipinski definition) is 2. The molecule has 3 rings (SSSR count). The third-order valence-corrected chi connectivity index (χ3v) is 4.57. The Kier molecular flexibility index (Phi) is 5.82. The monoisotopic (exact) mass is 427 g/mol. The number of nitrogens with one attached hydrogen (secondary N) is 2. The van der Waals surface area contributed by atoms with Gasteiger partial charge in [0, 0.05) is 23.2 Å². The lowest BCUT2D eigenvalue weighted by atomic mass is 10.2. The summed E-state index contributed by atoms with van der Waals surface area (Å²) in [7, 11) is 0. The van der Waals surface area contributed by atoms with Crippen LogP contribution in [0.15, 0.2) is 54.7 Å². The van der Waals surface area contributed by atoms with Crippen molar-refractivity contribution in [3.63, 3.8) is 0 Å². The lowest BCUT2D eigenvalue weighted by Crippen LogP contribution is -2.40. The van der Waals surface area contributed by atoms with E-state index in [1.165, 1.54) is 48.7 Å². The Morgan fingerprint density at radius 3 is 2.55 bits per heavy atom. The molecule has 152 valence electrons. The van der Waals surface area contributed by atoms with E-state index in [1.807, 2.05) is 0 Å². The Hall–Kier alpha value is -3.41. The minimum absolute atomic E-state index is 0.112. The molecule has 29 heavy (non-hydrogen) atoms. The van der Waals surface area contributed by atoms with Gasteiger partial charge >= 0.3 is 12.5 Å². The molecule has 2 aromatic rings. The number of halogens is 3. The van der Waals surface area contributed by atoms with E-state index >= 15 is 0 Å². The molecule has 0 fully saturated rings. The molecule has 0 saturated carbocycles. The van der Waals surface area contributed by atoms with Gasteiger partial charge in [0.15, 0.2) is 5.50 Å². The molecule has 2 N–H and O–H groups in total. The first-order valence-corrected chi connectivity index (χ1v) is 8.79. The minimum atomic E-state index is -4.79. The van der Waals surface area contributed by atoms with Crippen molar-refractivity contribution < 1.29 is 32.4 Å². The fourth-order valence-corrected chi connectivity index (χ4v) is 3.24. The number of amides is 1. The van der Waals surface area contributed by atoms with Crippen molar-refractivity contribution in [1.82, 2.24) is 10.6 Å². The van der Waals surface area contributed by atoms with Gasteiger partial charge in [0.25, 0.3) is 5.69 Å². The Morgan fingerprint density at radius 2 is 1.90 bits per heavy atom. The molecule has 0 saturated heterocycles. The van der Waals surface area contributed by atoms with Gasteiger partial charge in [-0.15, -0.1) is 13.2 Å². The first-order chi connectivity index (χ1) is 13.7. The fourth-order valence-electron chi connectivity index (χ4n) is 2.29. The van der Waals surface area contributed by atoms with E-state index in [9.17, 15) is 28.1 Å². The normalized spacial score (nSPS) is 15.8. The Labute approximate surface area is 165 Å². The third kappa shape index (κ3) is 5.78. The van der Waals surface area contributed by atoms with Gasteiger partial charge in [0.1, 0.15) is 11.5 Å². The Balaban J connectivity index is 1.54. The van der Waals surface area contributed by atoms with Gasteiger partial charge in [-0.05, 0) is 29.8 Å². The first-order valence-electron chi connectivity index (χ1n) is 7.91. The maximum absolute atomic E-state index is 12.3. The zero-order valence-corrected chi connectivity index (χ0v) is 15.1. The van der Waals surface area contributed by atoms with Crippen LogP contribution in [0.3, 0.4) is 0 Å². The average Bonchev–Trinajstić information content (AvgIpc) is 3.09. The van der Waals surface area contributed by atoms with Crippen molar-refractivity contribution in [2.24, 2.45) is 0 Å². The Bertz CT molecular complexity index is 950. The van der Waals surface area contributed by atoms with Crippen molar-refractivity contribution in [3.8, 4) is 11.5 Å². The molecular formula is C17H12F3N3O5S. The average molecular weight is 427 g/mol. The molecule has 0 radical (unpaired) electrons. The number of nitro benzene ring substituents is 1. The molecule has 0 aromatic heterocycles. The van der Waals surface area contributed by atoms with Crippen LogP contribution in [0.4, 0.5) is 23.7 Å². The summed E-state index contributed by atoms with van der Waals surface area (Å²) >= 11 is 1.15. The summed E-state index contributed by atoms with van der Waals surface area (Å²) in [5.41, 5.74) is -0.295. The minimum Gasteiger partial charge on any atom is -0.410 e. The van der Waals surface area contributed by atoms with E-state index in [1.54, 1.807) is 6.07 Å². The summed E-state index contributed by atoms with van der Waals surface area (Å²) in [4.78, 5) is 22.6. The quantitative estimate of drug-likeness (QED) is 0.545. The predicted molar refractivity (Wildman–Crippen MR) is 97.9 cm³/mol. The number of nitro groups is 1. The van der Waals surface area contributed by atoms with Gasteiger partial charge in [-0.25, -0.2) is 4.79 Å². The largest absolute Gasteiger partial charge is 0.573 e. The molecule has 1 aliphatic heterocycles. The lowest BCUT2D eigenvalue weighted by molar-refractivity contribution is -0.384. The first kappa shape index (κ1) is 20.3. The SMILES string of the molecule is O=C(NC1NC=C(c2cccc(OC(F)(F)F)c2)S1)Oc1ccc([N+](=O)[O-])cc1. The summed E-state index contributed by atoms with van der Waals surface area (Å²) in [5.74, 6) is -0.244. The van der Waals surface area contributed by atoms with Crippen LogP contribution in [0.1, 0.15) is 5.56 Å². The number of alkyl halides is 3. The summed E-state index contributed by atoms with van der Waals surface area (Å²) in [6.07, 6.45) is -4.07. The maximum atomic E-state index is 12.3. The second kappa shape index (κ2) is 8.31. The van der Waals surface area contributed by atoms with E-state index in [4.69, 9.17) is 4.74 Å². The number of carbonyl (C=O) groups is 1. The fraction of sp³-hybridized carbons (Fsp3) is 0.118.